The number of rotatable bonds is 13. The highest BCUT2D eigenvalue weighted by Gasteiger charge is 2.36. The van der Waals surface area contributed by atoms with E-state index in [1.54, 1.807) is 18.2 Å². The van der Waals surface area contributed by atoms with Gasteiger partial charge in [-0.15, -0.1) is 0 Å². The van der Waals surface area contributed by atoms with Crippen molar-refractivity contribution >= 4 is 74.2 Å². The fourth-order valence-corrected chi connectivity index (χ4v) is 12.5. The molecular weight excluding hydrogens is 849 g/mol. The molecule has 60 heavy (non-hydrogen) atoms. The summed E-state index contributed by atoms with van der Waals surface area (Å²) in [6.45, 7) is 1.05. The van der Waals surface area contributed by atoms with Crippen LogP contribution in [-0.2, 0) is 49.0 Å². The molecular formula is C38H40N4O15S3. The number of carbonyl (C=O) groups is 1. The van der Waals surface area contributed by atoms with E-state index in [9.17, 15) is 40.2 Å². The first kappa shape index (κ1) is 41.9. The van der Waals surface area contributed by atoms with Crippen LogP contribution in [0, 0.1) is 10.1 Å². The highest BCUT2D eigenvalue weighted by molar-refractivity contribution is 7.90. The molecule has 0 aromatic heterocycles. The van der Waals surface area contributed by atoms with Gasteiger partial charge in [-0.2, -0.15) is 12.9 Å². The average Bonchev–Trinajstić information content (AvgIpc) is 3.26. The van der Waals surface area contributed by atoms with Gasteiger partial charge < -0.3 is 28.4 Å². The van der Waals surface area contributed by atoms with Gasteiger partial charge in [-0.25, -0.2) is 30.0 Å². The quantitative estimate of drug-likeness (QED) is 0.0411. The Morgan fingerprint density at radius 1 is 0.600 bits per heavy atom. The number of sulfonamides is 3. The van der Waals surface area contributed by atoms with Gasteiger partial charge in [-0.05, 0) is 24.3 Å². The summed E-state index contributed by atoms with van der Waals surface area (Å²) in [6.07, 6.45) is -0.941. The van der Waals surface area contributed by atoms with Crippen LogP contribution in [0.25, 0.3) is 32.3 Å². The maximum atomic E-state index is 14.5. The summed E-state index contributed by atoms with van der Waals surface area (Å²) in [7, 11) is -12.9. The Hall–Kier alpha value is -4.78. The summed E-state index contributed by atoms with van der Waals surface area (Å²) < 4.78 is 124. The topological polar surface area (TPSA) is 228 Å². The van der Waals surface area contributed by atoms with Gasteiger partial charge in [0.2, 0.25) is 30.1 Å². The summed E-state index contributed by atoms with van der Waals surface area (Å²) in [6, 6.07) is 13.7. The average molecular weight is 889 g/mol. The zero-order valence-electron chi connectivity index (χ0n) is 32.0. The molecule has 320 valence electrons. The molecule has 3 fully saturated rings. The molecule has 0 amide bonds. The molecule has 3 aliphatic heterocycles. The molecule has 0 bridgehead atoms. The van der Waals surface area contributed by atoms with Crippen molar-refractivity contribution in [3.05, 3.63) is 70.8 Å². The third kappa shape index (κ3) is 7.94. The number of ether oxygens (including phenoxy) is 6. The minimum absolute atomic E-state index is 0.0336. The number of non-ortho nitro benzene ring substituents is 1. The largest absolute Gasteiger partial charge is 0.513 e. The van der Waals surface area contributed by atoms with Crippen LogP contribution in [0.15, 0.2) is 75.4 Å². The van der Waals surface area contributed by atoms with Crippen molar-refractivity contribution in [3.63, 3.8) is 0 Å². The van der Waals surface area contributed by atoms with Crippen LogP contribution in [0.2, 0.25) is 0 Å². The summed E-state index contributed by atoms with van der Waals surface area (Å²) in [5.41, 5.74) is -0.183. The Balaban J connectivity index is 1.22. The number of benzene rings is 5. The number of nitro groups is 1. The molecule has 0 spiro atoms. The second-order valence-electron chi connectivity index (χ2n) is 14.0. The lowest BCUT2D eigenvalue weighted by atomic mass is 9.93. The molecule has 3 saturated heterocycles. The number of nitro benzene ring substituents is 1. The van der Waals surface area contributed by atoms with E-state index >= 15 is 0 Å². The fourth-order valence-electron chi connectivity index (χ4n) is 7.56. The molecule has 8 rings (SSSR count). The van der Waals surface area contributed by atoms with Crippen LogP contribution in [-0.4, -0.2) is 141 Å². The monoisotopic (exact) mass is 888 g/mol. The van der Waals surface area contributed by atoms with E-state index in [1.807, 2.05) is 0 Å². The Morgan fingerprint density at radius 2 is 1.02 bits per heavy atom. The molecule has 22 heteroatoms. The van der Waals surface area contributed by atoms with Gasteiger partial charge >= 0.3 is 6.16 Å². The molecule has 0 atom stereocenters. The first-order chi connectivity index (χ1) is 28.8. The van der Waals surface area contributed by atoms with Gasteiger partial charge in [0.05, 0.1) is 72.5 Å². The maximum Gasteiger partial charge on any atom is 0.513 e. The summed E-state index contributed by atoms with van der Waals surface area (Å²) in [5.74, 6) is 0.141. The van der Waals surface area contributed by atoms with E-state index in [2.05, 4.69) is 0 Å². The second kappa shape index (κ2) is 16.9. The molecule has 19 nitrogen and oxygen atoms in total. The number of hydrogen-bond donors (Lipinski definition) is 0. The summed E-state index contributed by atoms with van der Waals surface area (Å²) in [5, 5.41) is 12.4. The minimum Gasteiger partial charge on any atom is -0.493 e. The van der Waals surface area contributed by atoms with Crippen molar-refractivity contribution in [2.45, 2.75) is 21.1 Å². The lowest BCUT2D eigenvalue weighted by Crippen LogP contribution is -2.41. The number of carbonyl (C=O) groups excluding carboxylic acids is 1. The van der Waals surface area contributed by atoms with Crippen LogP contribution < -0.4 is 9.47 Å². The lowest BCUT2D eigenvalue weighted by molar-refractivity contribution is -0.384. The van der Waals surface area contributed by atoms with Gasteiger partial charge in [-0.3, -0.25) is 10.1 Å². The summed E-state index contributed by atoms with van der Waals surface area (Å²) in [4.78, 5) is 22.0. The fraction of sp³-hybridized carbons (Fsp3) is 0.395. The molecule has 3 heterocycles. The van der Waals surface area contributed by atoms with E-state index in [-0.39, 0.29) is 157 Å². The molecule has 5 aromatic carbocycles. The van der Waals surface area contributed by atoms with E-state index in [0.717, 1.165) is 0 Å². The molecule has 3 aliphatic rings. The van der Waals surface area contributed by atoms with Crippen molar-refractivity contribution in [2.24, 2.45) is 0 Å². The minimum atomic E-state index is -4.32. The van der Waals surface area contributed by atoms with Crippen LogP contribution in [0.4, 0.5) is 10.5 Å². The molecule has 0 saturated carbocycles. The third-order valence-corrected chi connectivity index (χ3v) is 16.3. The van der Waals surface area contributed by atoms with E-state index in [0.29, 0.717) is 5.39 Å². The van der Waals surface area contributed by atoms with Crippen LogP contribution in [0.1, 0.15) is 6.42 Å². The Kier molecular flexibility index (Phi) is 11.8. The first-order valence-electron chi connectivity index (χ1n) is 19.0. The van der Waals surface area contributed by atoms with Gasteiger partial charge in [0.1, 0.15) is 11.5 Å². The molecule has 0 N–H and O–H groups in total. The standard InChI is InChI=1S/C38H40N4O15S3/c43-38(57-27-4-2-26(3-5-27)42(44)45)56-17-1-16-55-32-24-33(58(46,47)39-10-18-52-19-11-39)29-8-9-31-35(60(50,51)41-14-22-54-23-15-41)25-34(30-7-6-28(32)36(29)37(30)31)59(48,49)40-12-20-53-21-13-40/h2-9,24-25H,1,10-23H2. The second-order valence-corrected chi connectivity index (χ2v) is 19.7. The molecule has 0 radical (unpaired) electrons. The van der Waals surface area contributed by atoms with Crippen molar-refractivity contribution in [1.82, 2.24) is 12.9 Å². The number of morpholine rings is 3. The first-order valence-corrected chi connectivity index (χ1v) is 23.3. The van der Waals surface area contributed by atoms with Gasteiger partial charge in [0, 0.05) is 96.2 Å². The number of hydrogen-bond acceptors (Lipinski definition) is 15. The smallest absolute Gasteiger partial charge is 0.493 e. The van der Waals surface area contributed by atoms with E-state index in [1.165, 1.54) is 55.4 Å². The highest BCUT2D eigenvalue weighted by Crippen LogP contribution is 2.46. The number of nitrogens with zero attached hydrogens (tertiary/aromatic N) is 4. The SMILES string of the molecule is O=C(OCCCOc1cc(S(=O)(=O)N2CCOCC2)c2ccc3c(S(=O)(=O)N4CCOCC4)cc(S(=O)(=O)N4CCOCC4)c4ccc1c2c43)Oc1ccc([N+](=O)[O-])cc1. The normalized spacial score (nSPS) is 17.9. The highest BCUT2D eigenvalue weighted by atomic mass is 32.2. The molecule has 0 aliphatic carbocycles. The van der Waals surface area contributed by atoms with Crippen LogP contribution in [0.5, 0.6) is 11.5 Å². The summed E-state index contributed by atoms with van der Waals surface area (Å²) >= 11 is 0. The van der Waals surface area contributed by atoms with Gasteiger partial charge in [0.15, 0.2) is 0 Å². The van der Waals surface area contributed by atoms with E-state index in [4.69, 9.17) is 28.4 Å². The molecule has 0 unspecified atom stereocenters. The zero-order chi connectivity index (χ0) is 42.2. The Morgan fingerprint density at radius 3 is 1.47 bits per heavy atom. The van der Waals surface area contributed by atoms with Crippen molar-refractivity contribution < 1.29 is 63.4 Å². The Bertz CT molecular complexity index is 2700. The van der Waals surface area contributed by atoms with Crippen LogP contribution >= 0.6 is 0 Å². The maximum absolute atomic E-state index is 14.5. The van der Waals surface area contributed by atoms with E-state index < -0.39 is 41.1 Å². The molecule has 5 aromatic rings. The predicted octanol–water partition coefficient (Wildman–Crippen LogP) is 3.54. The third-order valence-electron chi connectivity index (χ3n) is 10.5. The van der Waals surface area contributed by atoms with Gasteiger partial charge in [0.25, 0.3) is 5.69 Å². The predicted molar refractivity (Wildman–Crippen MR) is 214 cm³/mol. The lowest BCUT2D eigenvalue weighted by Gasteiger charge is -2.30. The van der Waals surface area contributed by atoms with Gasteiger partial charge in [-0.1, -0.05) is 18.2 Å². The van der Waals surface area contributed by atoms with Crippen molar-refractivity contribution in [3.8, 4) is 11.5 Å². The van der Waals surface area contributed by atoms with Crippen LogP contribution in [0.3, 0.4) is 0 Å². The zero-order valence-corrected chi connectivity index (χ0v) is 34.5. The van der Waals surface area contributed by atoms with Crippen molar-refractivity contribution in [1.29, 1.82) is 0 Å². The van der Waals surface area contributed by atoms with Crippen molar-refractivity contribution in [2.75, 3.05) is 92.1 Å². The Labute approximate surface area is 344 Å².